The van der Waals surface area contributed by atoms with E-state index in [1.807, 2.05) is 19.1 Å². The van der Waals surface area contributed by atoms with Crippen molar-refractivity contribution >= 4 is 17.4 Å². The fourth-order valence-electron chi connectivity index (χ4n) is 2.50. The summed E-state index contributed by atoms with van der Waals surface area (Å²) < 4.78 is 6.02. The Morgan fingerprint density at radius 1 is 1.37 bits per heavy atom. The molecule has 1 aromatic rings. The lowest BCUT2D eigenvalue weighted by atomic mass is 9.96. The Kier molecular flexibility index (Phi) is 4.51. The molecule has 0 radical (unpaired) electrons. The molecular formula is C16H21ClO2. The Balaban J connectivity index is 2.19. The SMILES string of the molecule is Cc1cc(Cl)c(C(C)C)cc1OC1CCCC(=O)C1. The van der Waals surface area contributed by atoms with Crippen molar-refractivity contribution in [3.8, 4) is 5.75 Å². The highest BCUT2D eigenvalue weighted by Gasteiger charge is 2.22. The van der Waals surface area contributed by atoms with Crippen LogP contribution in [0.3, 0.4) is 0 Å². The third-order valence-corrected chi connectivity index (χ3v) is 3.97. The van der Waals surface area contributed by atoms with Crippen molar-refractivity contribution in [2.75, 3.05) is 0 Å². The van der Waals surface area contributed by atoms with E-state index in [1.165, 1.54) is 0 Å². The number of ketones is 1. The van der Waals surface area contributed by atoms with Crippen molar-refractivity contribution in [3.63, 3.8) is 0 Å². The molecule has 1 aliphatic carbocycles. The van der Waals surface area contributed by atoms with Crippen LogP contribution in [0.1, 0.15) is 56.6 Å². The van der Waals surface area contributed by atoms with Gasteiger partial charge in [-0.15, -0.1) is 0 Å². The van der Waals surface area contributed by atoms with Crippen LogP contribution in [-0.2, 0) is 4.79 Å². The van der Waals surface area contributed by atoms with Gasteiger partial charge in [-0.2, -0.15) is 0 Å². The largest absolute Gasteiger partial charge is 0.490 e. The number of benzene rings is 1. The van der Waals surface area contributed by atoms with Gasteiger partial charge in [0.05, 0.1) is 0 Å². The van der Waals surface area contributed by atoms with Crippen LogP contribution < -0.4 is 4.74 Å². The van der Waals surface area contributed by atoms with Gasteiger partial charge >= 0.3 is 0 Å². The van der Waals surface area contributed by atoms with Crippen LogP contribution in [0.15, 0.2) is 12.1 Å². The Morgan fingerprint density at radius 3 is 2.74 bits per heavy atom. The number of carbonyl (C=O) groups is 1. The molecule has 1 fully saturated rings. The lowest BCUT2D eigenvalue weighted by molar-refractivity contribution is -0.122. The first-order valence-electron chi connectivity index (χ1n) is 6.95. The molecule has 0 saturated heterocycles. The average Bonchev–Trinajstić information content (AvgIpc) is 2.32. The second-order valence-corrected chi connectivity index (χ2v) is 6.08. The van der Waals surface area contributed by atoms with Gasteiger partial charge in [-0.05, 0) is 48.9 Å². The maximum absolute atomic E-state index is 11.5. The minimum absolute atomic E-state index is 0.0288. The smallest absolute Gasteiger partial charge is 0.136 e. The molecule has 0 amide bonds. The van der Waals surface area contributed by atoms with Gasteiger partial charge < -0.3 is 4.74 Å². The Hall–Kier alpha value is -1.02. The lowest BCUT2D eigenvalue weighted by Crippen LogP contribution is -2.25. The fraction of sp³-hybridized carbons (Fsp3) is 0.562. The topological polar surface area (TPSA) is 26.3 Å². The van der Waals surface area contributed by atoms with Crippen molar-refractivity contribution in [1.82, 2.24) is 0 Å². The number of ether oxygens (including phenoxy) is 1. The zero-order chi connectivity index (χ0) is 14.0. The third kappa shape index (κ3) is 3.50. The first kappa shape index (κ1) is 14.4. The molecular weight excluding hydrogens is 260 g/mol. The maximum atomic E-state index is 11.5. The van der Waals surface area contributed by atoms with E-state index < -0.39 is 0 Å². The minimum atomic E-state index is 0.0288. The highest BCUT2D eigenvalue weighted by molar-refractivity contribution is 6.31. The monoisotopic (exact) mass is 280 g/mol. The predicted octanol–water partition coefficient (Wildman–Crippen LogP) is 4.66. The zero-order valence-corrected chi connectivity index (χ0v) is 12.6. The Labute approximate surface area is 120 Å². The van der Waals surface area contributed by atoms with E-state index in [0.717, 1.165) is 34.7 Å². The van der Waals surface area contributed by atoms with Crippen LogP contribution in [0.4, 0.5) is 0 Å². The van der Waals surface area contributed by atoms with Gasteiger partial charge in [0.15, 0.2) is 0 Å². The summed E-state index contributed by atoms with van der Waals surface area (Å²) in [4.78, 5) is 11.5. The highest BCUT2D eigenvalue weighted by Crippen LogP contribution is 2.33. The van der Waals surface area contributed by atoms with Crippen LogP contribution in [-0.4, -0.2) is 11.9 Å². The number of halogens is 1. The Morgan fingerprint density at radius 2 is 2.11 bits per heavy atom. The summed E-state index contributed by atoms with van der Waals surface area (Å²) in [7, 11) is 0. The number of rotatable bonds is 3. The molecule has 1 atom stereocenters. The summed E-state index contributed by atoms with van der Waals surface area (Å²) in [5.74, 6) is 1.54. The van der Waals surface area contributed by atoms with Gasteiger partial charge in [0, 0.05) is 17.9 Å². The highest BCUT2D eigenvalue weighted by atomic mass is 35.5. The van der Waals surface area contributed by atoms with Crippen molar-refractivity contribution in [2.24, 2.45) is 0 Å². The summed E-state index contributed by atoms with van der Waals surface area (Å²) in [6.07, 6.45) is 3.18. The van der Waals surface area contributed by atoms with Crippen LogP contribution in [0.5, 0.6) is 5.75 Å². The number of aryl methyl sites for hydroxylation is 1. The molecule has 2 rings (SSSR count). The third-order valence-electron chi connectivity index (χ3n) is 3.65. The average molecular weight is 281 g/mol. The molecule has 1 saturated carbocycles. The van der Waals surface area contributed by atoms with Gasteiger partial charge in [-0.1, -0.05) is 25.4 Å². The van der Waals surface area contributed by atoms with Crippen LogP contribution >= 0.6 is 11.6 Å². The van der Waals surface area contributed by atoms with Crippen LogP contribution in [0.25, 0.3) is 0 Å². The molecule has 0 spiro atoms. The molecule has 3 heteroatoms. The van der Waals surface area contributed by atoms with Crippen molar-refractivity contribution < 1.29 is 9.53 Å². The summed E-state index contributed by atoms with van der Waals surface area (Å²) in [5, 5.41) is 0.791. The summed E-state index contributed by atoms with van der Waals surface area (Å²) in [5.41, 5.74) is 2.14. The molecule has 2 nitrogen and oxygen atoms in total. The van der Waals surface area contributed by atoms with E-state index in [-0.39, 0.29) is 6.10 Å². The van der Waals surface area contributed by atoms with E-state index in [0.29, 0.717) is 24.5 Å². The van der Waals surface area contributed by atoms with Crippen LogP contribution in [0, 0.1) is 6.92 Å². The summed E-state index contributed by atoms with van der Waals surface area (Å²) in [6, 6.07) is 3.98. The molecule has 0 N–H and O–H groups in total. The van der Waals surface area contributed by atoms with Gasteiger partial charge in [0.1, 0.15) is 17.6 Å². The zero-order valence-electron chi connectivity index (χ0n) is 11.8. The minimum Gasteiger partial charge on any atom is -0.490 e. The molecule has 1 aromatic carbocycles. The Bertz CT molecular complexity index is 480. The van der Waals surface area contributed by atoms with Crippen molar-refractivity contribution in [1.29, 1.82) is 0 Å². The molecule has 0 aliphatic heterocycles. The van der Waals surface area contributed by atoms with E-state index in [9.17, 15) is 4.79 Å². The second kappa shape index (κ2) is 5.96. The van der Waals surface area contributed by atoms with E-state index in [1.54, 1.807) is 0 Å². The van der Waals surface area contributed by atoms with E-state index in [4.69, 9.17) is 16.3 Å². The first-order valence-corrected chi connectivity index (χ1v) is 7.33. The van der Waals surface area contributed by atoms with Crippen molar-refractivity contribution in [2.45, 2.75) is 58.5 Å². The number of Topliss-reactive ketones (excluding diaryl/α,β-unsaturated/α-hetero) is 1. The standard InChI is InChI=1S/C16H21ClO2/c1-10(2)14-9-16(11(3)7-15(14)17)19-13-6-4-5-12(18)8-13/h7,9-10,13H,4-6,8H2,1-3H3. The summed E-state index contributed by atoms with van der Waals surface area (Å²) in [6.45, 7) is 6.23. The fourth-order valence-corrected chi connectivity index (χ4v) is 2.94. The quantitative estimate of drug-likeness (QED) is 0.805. The summed E-state index contributed by atoms with van der Waals surface area (Å²) >= 11 is 6.25. The second-order valence-electron chi connectivity index (χ2n) is 5.67. The normalized spacial score (nSPS) is 19.8. The molecule has 1 unspecified atom stereocenters. The van der Waals surface area contributed by atoms with Crippen LogP contribution in [0.2, 0.25) is 5.02 Å². The molecule has 19 heavy (non-hydrogen) atoms. The molecule has 0 aromatic heterocycles. The van der Waals surface area contributed by atoms with Gasteiger partial charge in [-0.25, -0.2) is 0 Å². The number of carbonyl (C=O) groups excluding carboxylic acids is 1. The molecule has 104 valence electrons. The lowest BCUT2D eigenvalue weighted by Gasteiger charge is -2.24. The number of hydrogen-bond acceptors (Lipinski definition) is 2. The molecule has 0 heterocycles. The van der Waals surface area contributed by atoms with Gasteiger partial charge in [-0.3, -0.25) is 4.79 Å². The molecule has 0 bridgehead atoms. The van der Waals surface area contributed by atoms with Gasteiger partial charge in [0.2, 0.25) is 0 Å². The first-order chi connectivity index (χ1) is 8.97. The molecule has 1 aliphatic rings. The predicted molar refractivity (Wildman–Crippen MR) is 78.2 cm³/mol. The van der Waals surface area contributed by atoms with Gasteiger partial charge in [0.25, 0.3) is 0 Å². The van der Waals surface area contributed by atoms with Crippen molar-refractivity contribution in [3.05, 3.63) is 28.3 Å². The van der Waals surface area contributed by atoms with E-state index in [2.05, 4.69) is 13.8 Å². The van der Waals surface area contributed by atoms with E-state index >= 15 is 0 Å². The number of hydrogen-bond donors (Lipinski definition) is 0. The maximum Gasteiger partial charge on any atom is 0.136 e.